The fourth-order valence-corrected chi connectivity index (χ4v) is 6.29. The van der Waals surface area contributed by atoms with E-state index in [1.807, 2.05) is 84.9 Å². The first-order chi connectivity index (χ1) is 26.5. The minimum absolute atomic E-state index is 0.0139. The number of fused-ring (bicyclic) bond motifs is 1. The summed E-state index contributed by atoms with van der Waals surface area (Å²) in [6, 6.07) is 26.7. The smallest absolute Gasteiger partial charge is 0.437 e. The lowest BCUT2D eigenvalue weighted by atomic mass is 10.0. The molecule has 0 saturated carbocycles. The number of carbonyl (C=O) groups is 3. The zero-order valence-corrected chi connectivity index (χ0v) is 33.2. The van der Waals surface area contributed by atoms with Gasteiger partial charge in [-0.3, -0.25) is 4.98 Å². The van der Waals surface area contributed by atoms with Crippen LogP contribution in [0.1, 0.15) is 64.7 Å². The highest BCUT2D eigenvalue weighted by molar-refractivity contribution is 5.98. The van der Waals surface area contributed by atoms with Crippen molar-refractivity contribution in [1.82, 2.24) is 14.4 Å². The van der Waals surface area contributed by atoms with Gasteiger partial charge in [-0.05, 0) is 96.0 Å². The number of methoxy groups -OCH3 is 1. The Hall–Kier alpha value is -5.95. The molecule has 13 heteroatoms. The Morgan fingerprint density at radius 2 is 1.52 bits per heavy atom. The summed E-state index contributed by atoms with van der Waals surface area (Å²) in [7, 11) is 1.63. The normalized spacial score (nSPS) is 16.9. The van der Waals surface area contributed by atoms with E-state index in [4.69, 9.17) is 29.4 Å². The number of nitrogens with zero attached hydrogens (tertiary/aromatic N) is 4. The number of quaternary nitrogens is 1. The third-order valence-electron chi connectivity index (χ3n) is 8.77. The Morgan fingerprint density at radius 3 is 2.20 bits per heavy atom. The second-order valence-electron chi connectivity index (χ2n) is 15.5. The minimum atomic E-state index is -0.912. The summed E-state index contributed by atoms with van der Waals surface area (Å²) in [6.45, 7) is 11.4. The van der Waals surface area contributed by atoms with Crippen LogP contribution in [-0.4, -0.2) is 71.5 Å². The molecule has 1 aliphatic rings. The first-order valence-corrected chi connectivity index (χ1v) is 18.5. The molecule has 0 radical (unpaired) electrons. The molecular weight excluding hydrogens is 714 g/mol. The summed E-state index contributed by atoms with van der Waals surface area (Å²) in [5.74, 6) is 1.55. The first kappa shape index (κ1) is 41.2. The van der Waals surface area contributed by atoms with Crippen molar-refractivity contribution in [3.05, 3.63) is 114 Å². The molecule has 13 nitrogen and oxygen atoms in total. The summed E-state index contributed by atoms with van der Waals surface area (Å²) in [6.07, 6.45) is 1.73. The lowest BCUT2D eigenvalue weighted by Crippen LogP contribution is -2.60. The van der Waals surface area contributed by atoms with Gasteiger partial charge in [0.25, 0.3) is 0 Å². The summed E-state index contributed by atoms with van der Waals surface area (Å²) in [5, 5.41) is 0. The number of para-hydroxylation sites is 2. The van der Waals surface area contributed by atoms with Crippen LogP contribution >= 0.6 is 0 Å². The van der Waals surface area contributed by atoms with E-state index >= 15 is 0 Å². The quantitative estimate of drug-likeness (QED) is 0.0868. The van der Waals surface area contributed by atoms with E-state index in [0.717, 1.165) is 27.3 Å². The summed E-state index contributed by atoms with van der Waals surface area (Å²) in [4.78, 5) is 49.2. The molecule has 2 atom stereocenters. The van der Waals surface area contributed by atoms with Crippen LogP contribution in [0, 0.1) is 0 Å². The standard InChI is InChI=1S/C43H51N5O8/c1-42(2,3)55-40(50)46-39(44)47(41(51)56-43(4,5)6)25-21-30-15-17-33(18-16-30)53-26-22-37-38(49)48(28-31-19-23-45-24-20-31,35-13-8-9-14-36(35)54-37)29-32-11-10-12-34(27-32)52-7/h8-20,23-24,27,37H,21-22,25-26,28-29H2,1-7H3,(H-,44,46,50)/p+1. The Bertz CT molecular complexity index is 2010. The molecule has 2 unspecified atom stereocenters. The van der Waals surface area contributed by atoms with Gasteiger partial charge < -0.3 is 29.4 Å². The monoisotopic (exact) mass is 766 g/mol. The second-order valence-corrected chi connectivity index (χ2v) is 15.5. The van der Waals surface area contributed by atoms with Crippen molar-refractivity contribution in [3.63, 3.8) is 0 Å². The Morgan fingerprint density at radius 1 is 0.839 bits per heavy atom. The second kappa shape index (κ2) is 17.7. The van der Waals surface area contributed by atoms with Gasteiger partial charge >= 0.3 is 18.1 Å². The number of hydrogen-bond acceptors (Lipinski definition) is 9. The molecule has 2 N–H and O–H groups in total. The molecule has 3 amide bonds. The highest BCUT2D eigenvalue weighted by Gasteiger charge is 2.50. The third kappa shape index (κ3) is 11.1. The van der Waals surface area contributed by atoms with Crippen LogP contribution in [-0.2, 0) is 33.8 Å². The maximum atomic E-state index is 14.7. The Kier molecular flexibility index (Phi) is 13.0. The summed E-state index contributed by atoms with van der Waals surface area (Å²) < 4.78 is 28.8. The summed E-state index contributed by atoms with van der Waals surface area (Å²) in [5.41, 5.74) is 8.10. The molecule has 1 aliphatic heterocycles. The SMILES string of the molecule is COc1cccc(C[N+]2(Cc3ccncc3)C(=O)C(CCOc3ccc(CCN(C(=O)OC(C)(C)C)C(N)=NC(=O)OC(C)(C)C)cc3)Oc3ccccc32)c1. The van der Waals surface area contributed by atoms with Gasteiger partial charge in [0.15, 0.2) is 11.4 Å². The number of amides is 3. The lowest BCUT2D eigenvalue weighted by molar-refractivity contribution is -0.142. The fraction of sp³-hybridized carbons (Fsp3) is 0.372. The number of aromatic nitrogens is 1. The molecule has 0 saturated heterocycles. The van der Waals surface area contributed by atoms with Gasteiger partial charge in [-0.25, -0.2) is 23.8 Å². The molecule has 296 valence electrons. The number of ether oxygens (including phenoxy) is 5. The average Bonchev–Trinajstić information content (AvgIpc) is 3.13. The van der Waals surface area contributed by atoms with E-state index in [0.29, 0.717) is 43.2 Å². The van der Waals surface area contributed by atoms with Crippen molar-refractivity contribution in [3.8, 4) is 17.2 Å². The molecule has 3 aromatic carbocycles. The van der Waals surface area contributed by atoms with Crippen molar-refractivity contribution in [2.24, 2.45) is 10.7 Å². The van der Waals surface area contributed by atoms with Crippen molar-refractivity contribution in [2.45, 2.75) is 84.8 Å². The molecule has 5 rings (SSSR count). The van der Waals surface area contributed by atoms with Crippen molar-refractivity contribution in [1.29, 1.82) is 0 Å². The Labute approximate surface area is 328 Å². The largest absolute Gasteiger partial charge is 0.497 e. The van der Waals surface area contributed by atoms with Gasteiger partial charge in [-0.1, -0.05) is 36.4 Å². The van der Waals surface area contributed by atoms with Crippen LogP contribution in [0.15, 0.2) is 102 Å². The Balaban J connectivity index is 1.28. The highest BCUT2D eigenvalue weighted by Crippen LogP contribution is 2.43. The summed E-state index contributed by atoms with van der Waals surface area (Å²) >= 11 is 0. The van der Waals surface area contributed by atoms with Gasteiger partial charge in [0.2, 0.25) is 12.1 Å². The average molecular weight is 767 g/mol. The maximum Gasteiger partial charge on any atom is 0.437 e. The van der Waals surface area contributed by atoms with Gasteiger partial charge in [-0.2, -0.15) is 0 Å². The molecule has 56 heavy (non-hydrogen) atoms. The molecule has 2 heterocycles. The predicted octanol–water partition coefficient (Wildman–Crippen LogP) is 7.58. The van der Waals surface area contributed by atoms with Crippen LogP contribution < -0.4 is 24.4 Å². The zero-order valence-electron chi connectivity index (χ0n) is 33.2. The number of aliphatic imine (C=N–C) groups is 1. The number of nitrogens with two attached hydrogens (primary N) is 1. The van der Waals surface area contributed by atoms with Gasteiger partial charge in [0.1, 0.15) is 35.8 Å². The lowest BCUT2D eigenvalue weighted by Gasteiger charge is -2.42. The number of pyridine rings is 1. The molecule has 0 bridgehead atoms. The highest BCUT2D eigenvalue weighted by atomic mass is 16.6. The fourth-order valence-electron chi connectivity index (χ4n) is 6.29. The van der Waals surface area contributed by atoms with Crippen molar-refractivity contribution in [2.75, 3.05) is 20.3 Å². The van der Waals surface area contributed by atoms with Crippen LogP contribution in [0.4, 0.5) is 15.3 Å². The van der Waals surface area contributed by atoms with E-state index < -0.39 is 29.5 Å². The molecular formula is C43H52N5O8+. The zero-order chi connectivity index (χ0) is 40.5. The van der Waals surface area contributed by atoms with Crippen molar-refractivity contribution < 1.29 is 38.1 Å². The molecule has 4 aromatic rings. The van der Waals surface area contributed by atoms with Crippen LogP contribution in [0.3, 0.4) is 0 Å². The van der Waals surface area contributed by atoms with Gasteiger partial charge in [-0.15, -0.1) is 4.99 Å². The number of carbonyl (C=O) groups excluding carboxylic acids is 3. The van der Waals surface area contributed by atoms with Gasteiger partial charge in [0, 0.05) is 42.6 Å². The van der Waals surface area contributed by atoms with E-state index in [1.165, 1.54) is 0 Å². The van der Waals surface area contributed by atoms with Crippen LogP contribution in [0.25, 0.3) is 0 Å². The minimum Gasteiger partial charge on any atom is -0.497 e. The van der Waals surface area contributed by atoms with Gasteiger partial charge in [0.05, 0.1) is 13.7 Å². The number of rotatable bonds is 12. The molecule has 0 aliphatic carbocycles. The van der Waals surface area contributed by atoms with E-state index in [-0.39, 0.29) is 29.5 Å². The van der Waals surface area contributed by atoms with E-state index in [1.54, 1.807) is 61.0 Å². The topological polar surface area (TPSA) is 152 Å². The number of hydrogen-bond donors (Lipinski definition) is 1. The molecule has 0 fully saturated rings. The first-order valence-electron chi connectivity index (χ1n) is 18.5. The number of benzene rings is 3. The molecule has 0 spiro atoms. The van der Waals surface area contributed by atoms with Crippen LogP contribution in [0.2, 0.25) is 0 Å². The predicted molar refractivity (Wildman–Crippen MR) is 213 cm³/mol. The van der Waals surface area contributed by atoms with E-state index in [2.05, 4.69) is 9.98 Å². The van der Waals surface area contributed by atoms with E-state index in [9.17, 15) is 14.4 Å². The van der Waals surface area contributed by atoms with Crippen LogP contribution in [0.5, 0.6) is 17.2 Å². The van der Waals surface area contributed by atoms with Crippen molar-refractivity contribution >= 4 is 29.7 Å². The maximum absolute atomic E-state index is 14.7. The molecule has 1 aromatic heterocycles. The number of guanidine groups is 1. The third-order valence-corrected chi connectivity index (χ3v) is 8.77.